The third kappa shape index (κ3) is 1.97. The second-order valence-corrected chi connectivity index (χ2v) is 4.38. The highest BCUT2D eigenvalue weighted by Gasteiger charge is 2.46. The number of hydrogen-bond donors (Lipinski definition) is 0. The Morgan fingerprint density at radius 3 is 2.69 bits per heavy atom. The summed E-state index contributed by atoms with van der Waals surface area (Å²) in [5.41, 5.74) is 0.116. The van der Waals surface area contributed by atoms with Crippen molar-refractivity contribution in [3.8, 4) is 0 Å². The minimum atomic E-state index is -2.77. The molecule has 0 atom stereocenters. The van der Waals surface area contributed by atoms with Crippen molar-refractivity contribution in [1.82, 2.24) is 4.98 Å². The van der Waals surface area contributed by atoms with Crippen molar-refractivity contribution in [2.45, 2.75) is 5.92 Å². The zero-order valence-corrected chi connectivity index (χ0v) is 9.45. The molecule has 1 aromatic heterocycles. The Balaban J connectivity index is 2.33. The summed E-state index contributed by atoms with van der Waals surface area (Å²) >= 11 is 3.10. The molecule has 1 aromatic rings. The molecule has 16 heavy (non-hydrogen) atoms. The monoisotopic (exact) mass is 293 g/mol. The van der Waals surface area contributed by atoms with E-state index in [1.165, 1.54) is 17.2 Å². The maximum absolute atomic E-state index is 12.7. The number of rotatable bonds is 2. The lowest BCUT2D eigenvalue weighted by Crippen LogP contribution is -2.56. The molecule has 0 saturated carbocycles. The van der Waals surface area contributed by atoms with E-state index in [0.717, 1.165) is 0 Å². The summed E-state index contributed by atoms with van der Waals surface area (Å²) in [7, 11) is 0. The van der Waals surface area contributed by atoms with Crippen LogP contribution in [0.25, 0.3) is 0 Å². The predicted molar refractivity (Wildman–Crippen MR) is 55.8 cm³/mol. The quantitative estimate of drug-likeness (QED) is 0.620. The van der Waals surface area contributed by atoms with Crippen molar-refractivity contribution < 1.29 is 13.7 Å². The molecule has 0 amide bonds. The highest BCUT2D eigenvalue weighted by Crippen LogP contribution is 2.37. The molecule has 0 aromatic carbocycles. The first-order valence-corrected chi connectivity index (χ1v) is 5.11. The third-order valence-corrected chi connectivity index (χ3v) is 2.61. The van der Waals surface area contributed by atoms with Crippen LogP contribution in [0.3, 0.4) is 0 Å². The number of halogens is 3. The molecule has 86 valence electrons. The minimum absolute atomic E-state index is 0.116. The maximum atomic E-state index is 12.7. The van der Waals surface area contributed by atoms with Gasteiger partial charge in [0.25, 0.3) is 5.92 Å². The molecular weight excluding hydrogens is 288 g/mol. The molecule has 1 aliphatic heterocycles. The van der Waals surface area contributed by atoms with Gasteiger partial charge in [-0.05, 0) is 31.9 Å². The summed E-state index contributed by atoms with van der Waals surface area (Å²) in [5.74, 6) is -3.17. The van der Waals surface area contributed by atoms with Gasteiger partial charge in [-0.3, -0.25) is 0 Å². The molecule has 5 nitrogen and oxygen atoms in total. The van der Waals surface area contributed by atoms with Crippen LogP contribution in [0.2, 0.25) is 0 Å². The molecule has 1 fully saturated rings. The van der Waals surface area contributed by atoms with Crippen LogP contribution >= 0.6 is 15.9 Å². The Hall–Kier alpha value is -1.31. The van der Waals surface area contributed by atoms with Gasteiger partial charge in [-0.2, -0.15) is 0 Å². The van der Waals surface area contributed by atoms with Crippen molar-refractivity contribution in [2.24, 2.45) is 0 Å². The highest BCUT2D eigenvalue weighted by molar-refractivity contribution is 9.10. The number of alkyl halides is 2. The molecule has 0 aliphatic carbocycles. The van der Waals surface area contributed by atoms with Crippen LogP contribution in [0.1, 0.15) is 0 Å². The lowest BCUT2D eigenvalue weighted by atomic mass is 10.1. The molecule has 0 spiro atoms. The molecular formula is C8H6BrF2N3O2. The van der Waals surface area contributed by atoms with E-state index >= 15 is 0 Å². The number of pyridine rings is 1. The van der Waals surface area contributed by atoms with Crippen LogP contribution in [-0.2, 0) is 0 Å². The normalized spacial score (nSPS) is 18.1. The average molecular weight is 294 g/mol. The van der Waals surface area contributed by atoms with Gasteiger partial charge in [-0.25, -0.2) is 8.78 Å². The fourth-order valence-electron chi connectivity index (χ4n) is 1.48. The van der Waals surface area contributed by atoms with Gasteiger partial charge in [0.2, 0.25) is 0 Å². The summed E-state index contributed by atoms with van der Waals surface area (Å²) < 4.78 is 25.8. The van der Waals surface area contributed by atoms with Gasteiger partial charge in [0.1, 0.15) is 5.69 Å². The van der Waals surface area contributed by atoms with E-state index in [4.69, 9.17) is 0 Å². The van der Waals surface area contributed by atoms with Crippen molar-refractivity contribution in [2.75, 3.05) is 18.0 Å². The Bertz CT molecular complexity index is 447. The summed E-state index contributed by atoms with van der Waals surface area (Å²) in [6.45, 7) is -1.02. The van der Waals surface area contributed by atoms with E-state index in [9.17, 15) is 18.9 Å². The van der Waals surface area contributed by atoms with Crippen LogP contribution in [0.4, 0.5) is 20.3 Å². The summed E-state index contributed by atoms with van der Waals surface area (Å²) in [6.07, 6.45) is 1.26. The minimum Gasteiger partial charge on any atom is -0.358 e. The van der Waals surface area contributed by atoms with E-state index in [-0.39, 0.29) is 5.69 Å². The molecule has 0 radical (unpaired) electrons. The predicted octanol–water partition coefficient (Wildman–Crippen LogP) is 2.21. The average Bonchev–Trinajstić information content (AvgIpc) is 2.13. The largest absolute Gasteiger partial charge is 0.387 e. The summed E-state index contributed by atoms with van der Waals surface area (Å²) in [4.78, 5) is 14.8. The fourth-order valence-corrected chi connectivity index (χ4v) is 1.80. The van der Waals surface area contributed by atoms with Gasteiger partial charge in [0.15, 0.2) is 6.20 Å². The maximum Gasteiger partial charge on any atom is 0.387 e. The van der Waals surface area contributed by atoms with E-state index in [1.54, 1.807) is 0 Å². The fraction of sp³-hybridized carbons (Fsp3) is 0.375. The van der Waals surface area contributed by atoms with Crippen molar-refractivity contribution in [1.29, 1.82) is 0 Å². The van der Waals surface area contributed by atoms with Crippen LogP contribution in [0, 0.1) is 10.1 Å². The number of aromatic nitrogens is 1. The van der Waals surface area contributed by atoms with Gasteiger partial charge in [-0.1, -0.05) is 0 Å². The third-order valence-electron chi connectivity index (χ3n) is 2.17. The zero-order valence-electron chi connectivity index (χ0n) is 7.86. The molecule has 8 heteroatoms. The van der Waals surface area contributed by atoms with Crippen molar-refractivity contribution in [3.05, 3.63) is 26.9 Å². The lowest BCUT2D eigenvalue weighted by molar-refractivity contribution is -0.388. The molecule has 0 unspecified atom stereocenters. The number of nitro groups is 1. The molecule has 1 saturated heterocycles. The smallest absolute Gasteiger partial charge is 0.358 e. The van der Waals surface area contributed by atoms with Gasteiger partial charge in [0.05, 0.1) is 17.6 Å². The first-order chi connectivity index (χ1) is 7.39. The van der Waals surface area contributed by atoms with Crippen LogP contribution in [0.15, 0.2) is 16.7 Å². The first kappa shape index (κ1) is 11.2. The lowest BCUT2D eigenvalue weighted by Gasteiger charge is -2.39. The Labute approximate surface area is 97.4 Å². The van der Waals surface area contributed by atoms with E-state index in [1.807, 2.05) is 0 Å². The molecule has 0 bridgehead atoms. The molecule has 2 heterocycles. The number of hydrogen-bond acceptors (Lipinski definition) is 4. The first-order valence-electron chi connectivity index (χ1n) is 4.32. The second-order valence-electron chi connectivity index (χ2n) is 3.47. The van der Waals surface area contributed by atoms with Crippen LogP contribution in [0.5, 0.6) is 0 Å². The van der Waals surface area contributed by atoms with E-state index < -0.39 is 29.8 Å². The van der Waals surface area contributed by atoms with E-state index in [0.29, 0.717) is 4.47 Å². The number of nitrogens with zero attached hydrogens (tertiary/aromatic N) is 3. The molecule has 0 N–H and O–H groups in total. The highest BCUT2D eigenvalue weighted by atomic mass is 79.9. The number of anilines is 1. The second kappa shape index (κ2) is 3.62. The topological polar surface area (TPSA) is 59.3 Å². The van der Waals surface area contributed by atoms with Crippen LogP contribution in [-0.4, -0.2) is 28.9 Å². The molecule has 1 aliphatic rings. The van der Waals surface area contributed by atoms with Crippen LogP contribution < -0.4 is 4.90 Å². The Morgan fingerprint density at radius 1 is 1.56 bits per heavy atom. The Kier molecular flexibility index (Phi) is 2.53. The zero-order chi connectivity index (χ0) is 11.9. The van der Waals surface area contributed by atoms with E-state index in [2.05, 4.69) is 20.9 Å². The van der Waals surface area contributed by atoms with Gasteiger partial charge < -0.3 is 15.0 Å². The summed E-state index contributed by atoms with van der Waals surface area (Å²) in [6, 6.07) is 1.42. The van der Waals surface area contributed by atoms with Crippen molar-refractivity contribution >= 4 is 27.4 Å². The Morgan fingerprint density at radius 2 is 2.19 bits per heavy atom. The standard InChI is InChI=1S/C8H6BrF2N3O2/c9-5-1-6(7(12-2-5)14(15)16)13-3-8(10,11)4-13/h1-2H,3-4H2. The van der Waals surface area contributed by atoms with Gasteiger partial charge in [-0.15, -0.1) is 0 Å². The SMILES string of the molecule is O=[N+]([O-])c1ncc(Br)cc1N1CC(F)(F)C1. The summed E-state index contributed by atoms with van der Waals surface area (Å²) in [5, 5.41) is 10.7. The van der Waals surface area contributed by atoms with Gasteiger partial charge >= 0.3 is 5.82 Å². The molecule has 2 rings (SSSR count). The van der Waals surface area contributed by atoms with Gasteiger partial charge in [0, 0.05) is 0 Å². The van der Waals surface area contributed by atoms with Crippen molar-refractivity contribution in [3.63, 3.8) is 0 Å².